The van der Waals surface area contributed by atoms with Gasteiger partial charge in [-0.05, 0) is 40.2 Å². The van der Waals surface area contributed by atoms with Gasteiger partial charge < -0.3 is 19.5 Å². The van der Waals surface area contributed by atoms with E-state index in [4.69, 9.17) is 14.2 Å². The highest BCUT2D eigenvalue weighted by atomic mass is 16.5. The molecule has 0 aromatic carbocycles. The average Bonchev–Trinajstić information content (AvgIpc) is 2.24. The molecule has 0 fully saturated rings. The van der Waals surface area contributed by atoms with E-state index in [0.29, 0.717) is 13.2 Å². The standard InChI is InChI=1S/C13H29NO3/c1-13(2,3)17-10-8-14-7-5-6-9-16-12-11-15-4/h14H,5-12H2,1-4H3. The third-order valence-electron chi connectivity index (χ3n) is 2.14. The molecule has 0 amide bonds. The van der Waals surface area contributed by atoms with Gasteiger partial charge in [-0.1, -0.05) is 0 Å². The Bertz CT molecular complexity index is 157. The number of rotatable bonds is 11. The van der Waals surface area contributed by atoms with Crippen molar-refractivity contribution in [2.45, 2.75) is 39.2 Å². The maximum atomic E-state index is 5.60. The van der Waals surface area contributed by atoms with Crippen LogP contribution >= 0.6 is 0 Å². The van der Waals surface area contributed by atoms with Crippen LogP contribution in [-0.4, -0.2) is 52.2 Å². The molecule has 0 rings (SSSR count). The Morgan fingerprint density at radius 3 is 2.29 bits per heavy atom. The van der Waals surface area contributed by atoms with Gasteiger partial charge in [0.25, 0.3) is 0 Å². The van der Waals surface area contributed by atoms with Crippen LogP contribution in [0.2, 0.25) is 0 Å². The van der Waals surface area contributed by atoms with Crippen molar-refractivity contribution in [3.05, 3.63) is 0 Å². The summed E-state index contributed by atoms with van der Waals surface area (Å²) in [4.78, 5) is 0. The molecule has 0 aliphatic carbocycles. The number of methoxy groups -OCH3 is 1. The molecule has 0 saturated carbocycles. The Kier molecular flexibility index (Phi) is 10.9. The summed E-state index contributed by atoms with van der Waals surface area (Å²) < 4.78 is 15.9. The zero-order valence-corrected chi connectivity index (χ0v) is 11.9. The van der Waals surface area contributed by atoms with E-state index in [2.05, 4.69) is 26.1 Å². The van der Waals surface area contributed by atoms with Gasteiger partial charge in [-0.2, -0.15) is 0 Å². The van der Waals surface area contributed by atoms with E-state index in [1.165, 1.54) is 0 Å². The number of hydrogen-bond acceptors (Lipinski definition) is 4. The van der Waals surface area contributed by atoms with E-state index < -0.39 is 0 Å². The highest BCUT2D eigenvalue weighted by Crippen LogP contribution is 2.04. The number of ether oxygens (including phenoxy) is 3. The molecular formula is C13H29NO3. The molecule has 0 aliphatic heterocycles. The Morgan fingerprint density at radius 2 is 1.65 bits per heavy atom. The molecule has 104 valence electrons. The predicted octanol–water partition coefficient (Wildman–Crippen LogP) is 1.83. The normalized spacial score (nSPS) is 12.0. The molecule has 0 bridgehead atoms. The molecule has 0 aromatic heterocycles. The molecule has 0 aromatic rings. The molecule has 0 heterocycles. The largest absolute Gasteiger partial charge is 0.382 e. The third-order valence-corrected chi connectivity index (χ3v) is 2.14. The van der Waals surface area contributed by atoms with E-state index in [0.717, 1.165) is 39.1 Å². The van der Waals surface area contributed by atoms with Crippen molar-refractivity contribution < 1.29 is 14.2 Å². The Morgan fingerprint density at radius 1 is 0.882 bits per heavy atom. The molecule has 4 heteroatoms. The number of hydrogen-bond donors (Lipinski definition) is 1. The fourth-order valence-corrected chi connectivity index (χ4v) is 1.25. The summed E-state index contributed by atoms with van der Waals surface area (Å²) in [5.74, 6) is 0. The van der Waals surface area contributed by atoms with E-state index in [9.17, 15) is 0 Å². The van der Waals surface area contributed by atoms with Gasteiger partial charge in [-0.25, -0.2) is 0 Å². The summed E-state index contributed by atoms with van der Waals surface area (Å²) in [7, 11) is 1.69. The quantitative estimate of drug-likeness (QED) is 0.566. The SMILES string of the molecule is COCCOCCCCNCCOC(C)(C)C. The monoisotopic (exact) mass is 247 g/mol. The van der Waals surface area contributed by atoms with Crippen LogP contribution in [0.3, 0.4) is 0 Å². The van der Waals surface area contributed by atoms with E-state index in [1.54, 1.807) is 7.11 Å². The first-order chi connectivity index (χ1) is 8.06. The first-order valence-electron chi connectivity index (χ1n) is 6.47. The lowest BCUT2D eigenvalue weighted by Gasteiger charge is -2.19. The topological polar surface area (TPSA) is 39.7 Å². The van der Waals surface area contributed by atoms with Gasteiger partial charge >= 0.3 is 0 Å². The fourth-order valence-electron chi connectivity index (χ4n) is 1.25. The average molecular weight is 247 g/mol. The molecule has 0 spiro atoms. The first kappa shape index (κ1) is 16.8. The molecule has 0 unspecified atom stereocenters. The molecular weight excluding hydrogens is 218 g/mol. The molecule has 1 N–H and O–H groups in total. The van der Waals surface area contributed by atoms with Crippen molar-refractivity contribution >= 4 is 0 Å². The maximum Gasteiger partial charge on any atom is 0.0700 e. The summed E-state index contributed by atoms with van der Waals surface area (Å²) in [5, 5.41) is 3.35. The molecule has 0 aliphatic rings. The van der Waals surface area contributed by atoms with E-state index >= 15 is 0 Å². The fraction of sp³-hybridized carbons (Fsp3) is 1.00. The summed E-state index contributed by atoms with van der Waals surface area (Å²) in [6.45, 7) is 11.1. The van der Waals surface area contributed by atoms with Crippen LogP contribution in [-0.2, 0) is 14.2 Å². The summed E-state index contributed by atoms with van der Waals surface area (Å²) >= 11 is 0. The second-order valence-electron chi connectivity index (χ2n) is 5.02. The second-order valence-corrected chi connectivity index (χ2v) is 5.02. The van der Waals surface area contributed by atoms with Gasteiger partial charge in [0.2, 0.25) is 0 Å². The van der Waals surface area contributed by atoms with Crippen molar-refractivity contribution in [2.75, 3.05) is 46.6 Å². The van der Waals surface area contributed by atoms with Crippen molar-refractivity contribution in [3.63, 3.8) is 0 Å². The lowest BCUT2D eigenvalue weighted by atomic mass is 10.2. The second kappa shape index (κ2) is 11.0. The van der Waals surface area contributed by atoms with Crippen molar-refractivity contribution in [1.29, 1.82) is 0 Å². The lowest BCUT2D eigenvalue weighted by molar-refractivity contribution is -0.000805. The van der Waals surface area contributed by atoms with Crippen molar-refractivity contribution in [2.24, 2.45) is 0 Å². The maximum absolute atomic E-state index is 5.60. The lowest BCUT2D eigenvalue weighted by Crippen LogP contribution is -2.27. The highest BCUT2D eigenvalue weighted by molar-refractivity contribution is 4.59. The zero-order valence-electron chi connectivity index (χ0n) is 11.9. The van der Waals surface area contributed by atoms with Gasteiger partial charge in [0.15, 0.2) is 0 Å². The minimum atomic E-state index is -0.0309. The number of unbranched alkanes of at least 4 members (excludes halogenated alkanes) is 1. The Hall–Kier alpha value is -0.160. The summed E-state index contributed by atoms with van der Waals surface area (Å²) in [5.41, 5.74) is -0.0309. The van der Waals surface area contributed by atoms with Gasteiger partial charge in [-0.3, -0.25) is 0 Å². The summed E-state index contributed by atoms with van der Waals surface area (Å²) in [6, 6.07) is 0. The van der Waals surface area contributed by atoms with Gasteiger partial charge in [0.05, 0.1) is 25.4 Å². The minimum Gasteiger partial charge on any atom is -0.382 e. The van der Waals surface area contributed by atoms with Crippen molar-refractivity contribution in [1.82, 2.24) is 5.32 Å². The van der Waals surface area contributed by atoms with Crippen LogP contribution in [0.5, 0.6) is 0 Å². The number of nitrogens with one attached hydrogen (secondary N) is 1. The van der Waals surface area contributed by atoms with Gasteiger partial charge in [-0.15, -0.1) is 0 Å². The van der Waals surface area contributed by atoms with Crippen LogP contribution in [0.1, 0.15) is 33.6 Å². The highest BCUT2D eigenvalue weighted by Gasteiger charge is 2.08. The van der Waals surface area contributed by atoms with Crippen LogP contribution in [0.15, 0.2) is 0 Å². The molecule has 0 saturated heterocycles. The molecule has 4 nitrogen and oxygen atoms in total. The first-order valence-corrected chi connectivity index (χ1v) is 6.47. The molecule has 0 atom stereocenters. The smallest absolute Gasteiger partial charge is 0.0700 e. The zero-order chi connectivity index (χ0) is 13.0. The van der Waals surface area contributed by atoms with Crippen LogP contribution in [0.25, 0.3) is 0 Å². The molecule has 17 heavy (non-hydrogen) atoms. The van der Waals surface area contributed by atoms with Gasteiger partial charge in [0, 0.05) is 20.3 Å². The Balaban J connectivity index is 2.99. The van der Waals surface area contributed by atoms with Crippen LogP contribution < -0.4 is 5.32 Å². The van der Waals surface area contributed by atoms with E-state index in [1.807, 2.05) is 0 Å². The third kappa shape index (κ3) is 15.8. The predicted molar refractivity (Wildman–Crippen MR) is 70.5 cm³/mol. The van der Waals surface area contributed by atoms with E-state index in [-0.39, 0.29) is 5.60 Å². The van der Waals surface area contributed by atoms with Crippen LogP contribution in [0, 0.1) is 0 Å². The van der Waals surface area contributed by atoms with Crippen LogP contribution in [0.4, 0.5) is 0 Å². The summed E-state index contributed by atoms with van der Waals surface area (Å²) in [6.07, 6.45) is 2.24. The minimum absolute atomic E-state index is 0.0309. The van der Waals surface area contributed by atoms with Gasteiger partial charge in [0.1, 0.15) is 0 Å². The van der Waals surface area contributed by atoms with Crippen molar-refractivity contribution in [3.8, 4) is 0 Å². The Labute approximate surface area is 106 Å². The molecule has 0 radical (unpaired) electrons.